The molecule has 1 heterocycles. The zero-order valence-corrected chi connectivity index (χ0v) is 16.8. The highest BCUT2D eigenvalue weighted by Gasteiger charge is 2.27. The zero-order valence-electron chi connectivity index (χ0n) is 14.4. The van der Waals surface area contributed by atoms with Crippen LogP contribution in [0.4, 0.5) is 4.39 Å². The summed E-state index contributed by atoms with van der Waals surface area (Å²) >= 11 is 3.25. The molecular formula is C17H25BrFN3O2S. The number of sulfone groups is 1. The molecule has 1 saturated heterocycles. The van der Waals surface area contributed by atoms with Crippen LogP contribution < -0.4 is 10.6 Å². The van der Waals surface area contributed by atoms with Crippen LogP contribution in [0.2, 0.25) is 0 Å². The number of halogens is 2. The average Bonchev–Trinajstić information content (AvgIpc) is 2.90. The van der Waals surface area contributed by atoms with Gasteiger partial charge in [0.1, 0.15) is 5.82 Å². The van der Waals surface area contributed by atoms with Gasteiger partial charge in [0, 0.05) is 24.1 Å². The van der Waals surface area contributed by atoms with Gasteiger partial charge in [0.2, 0.25) is 0 Å². The molecule has 1 aromatic carbocycles. The van der Waals surface area contributed by atoms with Gasteiger partial charge in [-0.05, 0) is 49.8 Å². The summed E-state index contributed by atoms with van der Waals surface area (Å²) in [6.07, 6.45) is 2.11. The van der Waals surface area contributed by atoms with E-state index in [0.717, 1.165) is 17.4 Å². The topological polar surface area (TPSA) is 70.6 Å². The van der Waals surface area contributed by atoms with Gasteiger partial charge in [0.25, 0.3) is 0 Å². The Hall–Kier alpha value is -1.15. The second kappa shape index (κ2) is 9.52. The summed E-state index contributed by atoms with van der Waals surface area (Å²) < 4.78 is 37.5. The van der Waals surface area contributed by atoms with Crippen LogP contribution in [-0.2, 0) is 16.3 Å². The molecule has 2 N–H and O–H groups in total. The van der Waals surface area contributed by atoms with E-state index < -0.39 is 9.84 Å². The molecule has 0 bridgehead atoms. The summed E-state index contributed by atoms with van der Waals surface area (Å²) in [6.45, 7) is 3.89. The van der Waals surface area contributed by atoms with Gasteiger partial charge in [-0.1, -0.05) is 22.0 Å². The van der Waals surface area contributed by atoms with Crippen LogP contribution >= 0.6 is 15.9 Å². The van der Waals surface area contributed by atoms with Crippen molar-refractivity contribution in [3.05, 3.63) is 34.1 Å². The molecule has 2 rings (SSSR count). The summed E-state index contributed by atoms with van der Waals surface area (Å²) in [7, 11) is -2.86. The number of aryl methyl sites for hydroxylation is 1. The highest BCUT2D eigenvalue weighted by atomic mass is 79.9. The number of nitrogens with zero attached hydrogens (tertiary/aromatic N) is 1. The van der Waals surface area contributed by atoms with Crippen LogP contribution in [0.5, 0.6) is 0 Å². The van der Waals surface area contributed by atoms with Gasteiger partial charge in [-0.25, -0.2) is 12.8 Å². The van der Waals surface area contributed by atoms with Crippen LogP contribution in [0.1, 0.15) is 25.3 Å². The van der Waals surface area contributed by atoms with Gasteiger partial charge in [-0.15, -0.1) is 0 Å². The lowest BCUT2D eigenvalue weighted by Gasteiger charge is -2.12. The molecule has 5 nitrogen and oxygen atoms in total. The Morgan fingerprint density at radius 3 is 2.84 bits per heavy atom. The molecule has 0 spiro atoms. The molecule has 1 unspecified atom stereocenters. The van der Waals surface area contributed by atoms with Gasteiger partial charge in [0.05, 0.1) is 11.5 Å². The van der Waals surface area contributed by atoms with E-state index in [4.69, 9.17) is 0 Å². The Kier molecular flexibility index (Phi) is 7.68. The molecule has 0 radical (unpaired) electrons. The standard InChI is InChI=1S/C17H25BrFN3O2S/c1-2-20-17(22-11-13-7-9-25(23,24)12-13)21-8-3-4-14-5-6-15(18)10-16(14)19/h5-6,10,13H,2-4,7-9,11-12H2,1H3,(H2,20,21,22). The lowest BCUT2D eigenvalue weighted by Crippen LogP contribution is -2.38. The largest absolute Gasteiger partial charge is 0.357 e. The van der Waals surface area contributed by atoms with Gasteiger partial charge in [-0.3, -0.25) is 4.99 Å². The van der Waals surface area contributed by atoms with Crippen molar-refractivity contribution in [3.8, 4) is 0 Å². The fourth-order valence-corrected chi connectivity index (χ4v) is 4.97. The Morgan fingerprint density at radius 1 is 1.40 bits per heavy atom. The maximum absolute atomic E-state index is 13.8. The predicted octanol–water partition coefficient (Wildman–Crippen LogP) is 2.51. The first kappa shape index (κ1) is 20.2. The first-order valence-electron chi connectivity index (χ1n) is 8.56. The molecule has 140 valence electrons. The van der Waals surface area contributed by atoms with Gasteiger partial charge < -0.3 is 10.6 Å². The summed E-state index contributed by atoms with van der Waals surface area (Å²) in [5.41, 5.74) is 0.697. The van der Waals surface area contributed by atoms with E-state index in [-0.39, 0.29) is 23.2 Å². The zero-order chi connectivity index (χ0) is 18.3. The number of aliphatic imine (C=N–C) groups is 1. The lowest BCUT2D eigenvalue weighted by atomic mass is 10.1. The van der Waals surface area contributed by atoms with Crippen LogP contribution in [0.3, 0.4) is 0 Å². The van der Waals surface area contributed by atoms with Crippen molar-refractivity contribution in [1.29, 1.82) is 0 Å². The highest BCUT2D eigenvalue weighted by molar-refractivity contribution is 9.10. The van der Waals surface area contributed by atoms with Crippen molar-refractivity contribution in [1.82, 2.24) is 10.6 Å². The van der Waals surface area contributed by atoms with Crippen molar-refractivity contribution < 1.29 is 12.8 Å². The van der Waals surface area contributed by atoms with E-state index in [0.29, 0.717) is 37.5 Å². The number of benzene rings is 1. The average molecular weight is 434 g/mol. The number of nitrogens with one attached hydrogen (secondary N) is 2. The minimum absolute atomic E-state index is 0.109. The first-order chi connectivity index (χ1) is 11.9. The van der Waals surface area contributed by atoms with Crippen LogP contribution in [0, 0.1) is 11.7 Å². The molecule has 1 aliphatic rings. The molecule has 25 heavy (non-hydrogen) atoms. The maximum atomic E-state index is 13.8. The second-order valence-electron chi connectivity index (χ2n) is 6.25. The van der Waals surface area contributed by atoms with Crippen molar-refractivity contribution in [2.45, 2.75) is 26.2 Å². The molecule has 8 heteroatoms. The van der Waals surface area contributed by atoms with E-state index in [9.17, 15) is 12.8 Å². The molecule has 0 saturated carbocycles. The quantitative estimate of drug-likeness (QED) is 0.393. The number of guanidine groups is 1. The van der Waals surface area contributed by atoms with E-state index in [2.05, 4.69) is 31.6 Å². The smallest absolute Gasteiger partial charge is 0.191 e. The molecule has 0 amide bonds. The molecule has 1 aromatic rings. The molecule has 1 atom stereocenters. The van der Waals surface area contributed by atoms with Gasteiger partial charge in [-0.2, -0.15) is 0 Å². The third-order valence-electron chi connectivity index (χ3n) is 4.11. The van der Waals surface area contributed by atoms with E-state index in [1.807, 2.05) is 13.0 Å². The first-order valence-corrected chi connectivity index (χ1v) is 11.2. The normalized spacial score (nSPS) is 19.8. The predicted molar refractivity (Wildman–Crippen MR) is 103 cm³/mol. The molecular weight excluding hydrogens is 409 g/mol. The second-order valence-corrected chi connectivity index (χ2v) is 9.40. The van der Waals surface area contributed by atoms with Crippen LogP contribution in [-0.4, -0.2) is 45.5 Å². The minimum Gasteiger partial charge on any atom is -0.357 e. The number of hydrogen-bond acceptors (Lipinski definition) is 3. The van der Waals surface area contributed by atoms with Crippen LogP contribution in [0.25, 0.3) is 0 Å². The minimum atomic E-state index is -2.86. The Balaban J connectivity index is 1.78. The van der Waals surface area contributed by atoms with Crippen molar-refractivity contribution in [3.63, 3.8) is 0 Å². The molecule has 1 fully saturated rings. The van der Waals surface area contributed by atoms with E-state index >= 15 is 0 Å². The van der Waals surface area contributed by atoms with E-state index in [1.165, 1.54) is 6.07 Å². The van der Waals surface area contributed by atoms with Crippen molar-refractivity contribution in [2.75, 3.05) is 31.1 Å². The fraction of sp³-hybridized carbons (Fsp3) is 0.588. The summed E-state index contributed by atoms with van der Waals surface area (Å²) in [5.74, 6) is 1.10. The SMILES string of the molecule is CCNC(=NCC1CCS(=O)(=O)C1)NCCCc1ccc(Br)cc1F. The third-order valence-corrected chi connectivity index (χ3v) is 6.44. The fourth-order valence-electron chi connectivity index (χ4n) is 2.79. The Labute approximate surface area is 157 Å². The summed E-state index contributed by atoms with van der Waals surface area (Å²) in [5, 5.41) is 6.38. The molecule has 0 aliphatic carbocycles. The van der Waals surface area contributed by atoms with Crippen LogP contribution in [0.15, 0.2) is 27.7 Å². The van der Waals surface area contributed by atoms with E-state index in [1.54, 1.807) is 6.07 Å². The van der Waals surface area contributed by atoms with Gasteiger partial charge in [0.15, 0.2) is 15.8 Å². The summed E-state index contributed by atoms with van der Waals surface area (Å²) in [4.78, 5) is 4.48. The number of rotatable bonds is 7. The molecule has 1 aliphatic heterocycles. The Bertz CT molecular complexity index is 710. The third kappa shape index (κ3) is 6.93. The number of hydrogen-bond donors (Lipinski definition) is 2. The van der Waals surface area contributed by atoms with Crippen molar-refractivity contribution >= 4 is 31.7 Å². The maximum Gasteiger partial charge on any atom is 0.191 e. The lowest BCUT2D eigenvalue weighted by molar-refractivity contribution is 0.588. The molecule has 0 aromatic heterocycles. The van der Waals surface area contributed by atoms with Gasteiger partial charge >= 0.3 is 0 Å². The summed E-state index contributed by atoms with van der Waals surface area (Å²) in [6, 6.07) is 5.11. The highest BCUT2D eigenvalue weighted by Crippen LogP contribution is 2.18. The van der Waals surface area contributed by atoms with Crippen molar-refractivity contribution in [2.24, 2.45) is 10.9 Å². The monoisotopic (exact) mass is 433 g/mol. The Morgan fingerprint density at radius 2 is 2.20 bits per heavy atom.